The molecule has 0 radical (unpaired) electrons. The number of nitrogens with zero attached hydrogens (tertiary/aromatic N) is 1. The summed E-state index contributed by atoms with van der Waals surface area (Å²) in [6.07, 6.45) is 4.60. The molecule has 1 fully saturated rings. The average Bonchev–Trinajstić information content (AvgIpc) is 2.80. The van der Waals surface area contributed by atoms with Gasteiger partial charge in [0.2, 0.25) is 5.91 Å². The zero-order valence-electron chi connectivity index (χ0n) is 12.1. The van der Waals surface area contributed by atoms with Gasteiger partial charge in [0.05, 0.1) is 6.04 Å². The van der Waals surface area contributed by atoms with Crippen LogP contribution in [-0.2, 0) is 4.79 Å². The van der Waals surface area contributed by atoms with Crippen molar-refractivity contribution in [3.63, 3.8) is 0 Å². The largest absolute Gasteiger partial charge is 0.354 e. The summed E-state index contributed by atoms with van der Waals surface area (Å²) >= 11 is 0. The fraction of sp³-hybridized carbons (Fsp3) is 0.929. The first-order valence-electron chi connectivity index (χ1n) is 7.29. The normalized spacial score (nSPS) is 22.4. The number of nitrogens with two attached hydrogens (primary N) is 1. The number of amides is 1. The molecule has 0 saturated carbocycles. The maximum absolute atomic E-state index is 12.1. The number of carbonyl (C=O) groups excluding carboxylic acids is 1. The third-order valence-electron chi connectivity index (χ3n) is 3.73. The molecule has 1 rings (SSSR count). The minimum absolute atomic E-state index is 0.00553. The number of rotatable bonds is 7. The Morgan fingerprint density at radius 3 is 2.78 bits per heavy atom. The van der Waals surface area contributed by atoms with E-state index in [1.165, 1.54) is 12.8 Å². The van der Waals surface area contributed by atoms with Crippen LogP contribution in [-0.4, -0.2) is 42.5 Å². The van der Waals surface area contributed by atoms with Gasteiger partial charge < -0.3 is 11.1 Å². The summed E-state index contributed by atoms with van der Waals surface area (Å²) in [7, 11) is 0. The van der Waals surface area contributed by atoms with Gasteiger partial charge in [0.1, 0.15) is 0 Å². The van der Waals surface area contributed by atoms with Gasteiger partial charge in [-0.1, -0.05) is 13.8 Å². The van der Waals surface area contributed by atoms with E-state index in [-0.39, 0.29) is 11.9 Å². The van der Waals surface area contributed by atoms with Gasteiger partial charge >= 0.3 is 0 Å². The van der Waals surface area contributed by atoms with Crippen LogP contribution in [0.1, 0.15) is 46.5 Å². The lowest BCUT2D eigenvalue weighted by atomic mass is 10.1. The molecule has 0 aliphatic carbocycles. The first kappa shape index (κ1) is 15.4. The summed E-state index contributed by atoms with van der Waals surface area (Å²) in [5.41, 5.74) is 5.57. The molecule has 3 N–H and O–H groups in total. The Morgan fingerprint density at radius 2 is 2.17 bits per heavy atom. The number of nitrogens with one attached hydrogen (secondary N) is 1. The molecule has 106 valence electrons. The van der Waals surface area contributed by atoms with E-state index in [0.717, 1.165) is 32.5 Å². The highest BCUT2D eigenvalue weighted by Crippen LogP contribution is 2.23. The smallest absolute Gasteiger partial charge is 0.237 e. The molecule has 1 amide bonds. The molecule has 1 heterocycles. The van der Waals surface area contributed by atoms with Crippen molar-refractivity contribution in [2.75, 3.05) is 19.6 Å². The predicted octanol–water partition coefficient (Wildman–Crippen LogP) is 1.35. The summed E-state index contributed by atoms with van der Waals surface area (Å²) in [4.78, 5) is 14.4. The minimum Gasteiger partial charge on any atom is -0.354 e. The van der Waals surface area contributed by atoms with Crippen LogP contribution in [0.25, 0.3) is 0 Å². The molecule has 4 nitrogen and oxygen atoms in total. The Morgan fingerprint density at radius 1 is 1.44 bits per heavy atom. The van der Waals surface area contributed by atoms with Crippen molar-refractivity contribution < 1.29 is 4.79 Å². The lowest BCUT2D eigenvalue weighted by Crippen LogP contribution is -2.47. The van der Waals surface area contributed by atoms with Crippen LogP contribution >= 0.6 is 0 Å². The zero-order valence-corrected chi connectivity index (χ0v) is 12.1. The van der Waals surface area contributed by atoms with E-state index in [1.807, 2.05) is 6.92 Å². The van der Waals surface area contributed by atoms with Gasteiger partial charge in [0.25, 0.3) is 0 Å². The van der Waals surface area contributed by atoms with Gasteiger partial charge in [-0.25, -0.2) is 0 Å². The zero-order chi connectivity index (χ0) is 13.5. The van der Waals surface area contributed by atoms with Crippen molar-refractivity contribution in [1.82, 2.24) is 10.2 Å². The molecule has 0 bridgehead atoms. The molecule has 0 aromatic carbocycles. The second kappa shape index (κ2) is 7.74. The maximum Gasteiger partial charge on any atom is 0.237 e. The summed E-state index contributed by atoms with van der Waals surface area (Å²) in [5.74, 6) is 0.677. The lowest BCUT2D eigenvalue weighted by Gasteiger charge is -2.30. The first-order valence-corrected chi connectivity index (χ1v) is 7.29. The minimum atomic E-state index is -0.00553. The Bertz CT molecular complexity index is 255. The van der Waals surface area contributed by atoms with Crippen LogP contribution in [0.3, 0.4) is 0 Å². The van der Waals surface area contributed by atoms with Crippen molar-refractivity contribution >= 4 is 5.91 Å². The topological polar surface area (TPSA) is 58.4 Å². The highest BCUT2D eigenvalue weighted by atomic mass is 16.2. The van der Waals surface area contributed by atoms with E-state index >= 15 is 0 Å². The van der Waals surface area contributed by atoms with Crippen molar-refractivity contribution in [3.05, 3.63) is 0 Å². The standard InChI is InChI=1S/C14H29N3O/c1-11(2)10-16-14(18)12(3)17-9-5-7-13(17)6-4-8-15/h11-13H,4-10,15H2,1-3H3,(H,16,18). The van der Waals surface area contributed by atoms with Crippen molar-refractivity contribution in [1.29, 1.82) is 0 Å². The summed E-state index contributed by atoms with van der Waals surface area (Å²) in [6, 6.07) is 0.544. The van der Waals surface area contributed by atoms with Crippen LogP contribution in [0.4, 0.5) is 0 Å². The third-order valence-corrected chi connectivity index (χ3v) is 3.73. The van der Waals surface area contributed by atoms with Crippen LogP contribution in [0.2, 0.25) is 0 Å². The average molecular weight is 255 g/mol. The summed E-state index contributed by atoms with van der Waals surface area (Å²) in [5, 5.41) is 3.03. The molecule has 18 heavy (non-hydrogen) atoms. The number of hydrogen-bond donors (Lipinski definition) is 2. The van der Waals surface area contributed by atoms with Gasteiger partial charge in [0, 0.05) is 12.6 Å². The molecule has 0 aromatic heterocycles. The second-order valence-corrected chi connectivity index (χ2v) is 5.78. The van der Waals surface area contributed by atoms with E-state index in [1.54, 1.807) is 0 Å². The van der Waals surface area contributed by atoms with E-state index in [4.69, 9.17) is 5.73 Å². The van der Waals surface area contributed by atoms with Crippen LogP contribution < -0.4 is 11.1 Å². The Hall–Kier alpha value is -0.610. The Kier molecular flexibility index (Phi) is 6.65. The summed E-state index contributed by atoms with van der Waals surface area (Å²) in [6.45, 7) is 8.82. The number of hydrogen-bond acceptors (Lipinski definition) is 3. The van der Waals surface area contributed by atoms with Crippen LogP contribution in [0, 0.1) is 5.92 Å². The fourth-order valence-corrected chi connectivity index (χ4v) is 2.63. The Balaban J connectivity index is 2.43. The molecule has 1 aliphatic heterocycles. The SMILES string of the molecule is CC(C)CNC(=O)C(C)N1CCCC1CCCN. The molecule has 2 atom stereocenters. The Labute approximate surface area is 111 Å². The predicted molar refractivity (Wildman–Crippen MR) is 75.3 cm³/mol. The molecule has 0 aromatic rings. The molecular formula is C14H29N3O. The molecule has 4 heteroatoms. The van der Waals surface area contributed by atoms with Gasteiger partial charge in [0.15, 0.2) is 0 Å². The summed E-state index contributed by atoms with van der Waals surface area (Å²) < 4.78 is 0. The quantitative estimate of drug-likeness (QED) is 0.722. The fourth-order valence-electron chi connectivity index (χ4n) is 2.63. The maximum atomic E-state index is 12.1. The van der Waals surface area contributed by atoms with E-state index < -0.39 is 0 Å². The molecule has 1 aliphatic rings. The van der Waals surface area contributed by atoms with Gasteiger partial charge in [-0.3, -0.25) is 9.69 Å². The van der Waals surface area contributed by atoms with E-state index in [9.17, 15) is 4.79 Å². The van der Waals surface area contributed by atoms with Gasteiger partial charge in [-0.15, -0.1) is 0 Å². The molecular weight excluding hydrogens is 226 g/mol. The van der Waals surface area contributed by atoms with E-state index in [2.05, 4.69) is 24.1 Å². The molecule has 0 spiro atoms. The van der Waals surface area contributed by atoms with Crippen LogP contribution in [0.15, 0.2) is 0 Å². The van der Waals surface area contributed by atoms with Gasteiger partial charge in [-0.2, -0.15) is 0 Å². The van der Waals surface area contributed by atoms with Crippen LogP contribution in [0.5, 0.6) is 0 Å². The molecule has 1 saturated heterocycles. The van der Waals surface area contributed by atoms with Crippen molar-refractivity contribution in [3.8, 4) is 0 Å². The highest BCUT2D eigenvalue weighted by Gasteiger charge is 2.31. The van der Waals surface area contributed by atoms with E-state index in [0.29, 0.717) is 12.0 Å². The highest BCUT2D eigenvalue weighted by molar-refractivity contribution is 5.81. The van der Waals surface area contributed by atoms with Crippen molar-refractivity contribution in [2.24, 2.45) is 11.7 Å². The van der Waals surface area contributed by atoms with Crippen molar-refractivity contribution in [2.45, 2.75) is 58.5 Å². The van der Waals surface area contributed by atoms with Gasteiger partial charge in [-0.05, 0) is 51.6 Å². The monoisotopic (exact) mass is 255 g/mol. The number of likely N-dealkylation sites (tertiary alicyclic amines) is 1. The number of carbonyl (C=O) groups is 1. The third kappa shape index (κ3) is 4.58. The molecule has 2 unspecified atom stereocenters. The lowest BCUT2D eigenvalue weighted by molar-refractivity contribution is -0.126. The first-order chi connectivity index (χ1) is 8.56. The second-order valence-electron chi connectivity index (χ2n) is 5.78.